The number of nitrogen functional groups attached to an aromatic ring is 1. The first-order valence-corrected chi connectivity index (χ1v) is 5.43. The van der Waals surface area contributed by atoms with Crippen molar-refractivity contribution in [3.8, 4) is 0 Å². The van der Waals surface area contributed by atoms with Gasteiger partial charge in [0.1, 0.15) is 5.69 Å². The maximum Gasteiger partial charge on any atom is 0.292 e. The van der Waals surface area contributed by atoms with Crippen LogP contribution in [-0.4, -0.2) is 24.2 Å². The molecule has 3 N–H and O–H groups in total. The van der Waals surface area contributed by atoms with E-state index in [2.05, 4.69) is 5.32 Å². The zero-order valence-electron chi connectivity index (χ0n) is 9.55. The molecular formula is C11H15N3O3. The summed E-state index contributed by atoms with van der Waals surface area (Å²) in [7, 11) is 1.70. The summed E-state index contributed by atoms with van der Waals surface area (Å²) in [6, 6.07) is 5.05. The molecule has 17 heavy (non-hydrogen) atoms. The average molecular weight is 237 g/mol. The molecule has 0 bridgehead atoms. The van der Waals surface area contributed by atoms with E-state index in [9.17, 15) is 10.1 Å². The van der Waals surface area contributed by atoms with Crippen molar-refractivity contribution in [1.29, 1.82) is 0 Å². The van der Waals surface area contributed by atoms with Gasteiger partial charge in [-0.25, -0.2) is 0 Å². The molecule has 1 aromatic rings. The fourth-order valence-corrected chi connectivity index (χ4v) is 1.92. The van der Waals surface area contributed by atoms with Gasteiger partial charge in [-0.15, -0.1) is 0 Å². The lowest BCUT2D eigenvalue weighted by molar-refractivity contribution is -0.383. The molecule has 0 saturated heterocycles. The summed E-state index contributed by atoms with van der Waals surface area (Å²) in [6.45, 7) is 0. The van der Waals surface area contributed by atoms with Gasteiger partial charge in [-0.1, -0.05) is 0 Å². The highest BCUT2D eigenvalue weighted by Crippen LogP contribution is 2.29. The molecule has 92 valence electrons. The predicted octanol–water partition coefficient (Wildman–Crippen LogP) is 1.77. The van der Waals surface area contributed by atoms with Gasteiger partial charge in [0.25, 0.3) is 5.69 Å². The zero-order chi connectivity index (χ0) is 12.4. The van der Waals surface area contributed by atoms with Crippen molar-refractivity contribution in [1.82, 2.24) is 0 Å². The summed E-state index contributed by atoms with van der Waals surface area (Å²) in [4.78, 5) is 10.1. The Morgan fingerprint density at radius 1 is 1.53 bits per heavy atom. The van der Waals surface area contributed by atoms with Gasteiger partial charge in [0.15, 0.2) is 0 Å². The first kappa shape index (κ1) is 11.7. The molecule has 6 heteroatoms. The van der Waals surface area contributed by atoms with Crippen LogP contribution in [0, 0.1) is 10.1 Å². The molecule has 6 nitrogen and oxygen atoms in total. The van der Waals surface area contributed by atoms with E-state index in [0.717, 1.165) is 18.5 Å². The van der Waals surface area contributed by atoms with Crippen LogP contribution in [0.2, 0.25) is 0 Å². The molecule has 0 radical (unpaired) electrons. The number of hydrogen-bond donors (Lipinski definition) is 2. The molecule has 0 atom stereocenters. The normalized spacial score (nSPS) is 22.9. The number of rotatable bonds is 4. The molecule has 0 heterocycles. The molecule has 1 aromatic carbocycles. The second-order valence-corrected chi connectivity index (χ2v) is 4.20. The van der Waals surface area contributed by atoms with Crippen LogP contribution >= 0.6 is 0 Å². The minimum absolute atomic E-state index is 0.0565. The summed E-state index contributed by atoms with van der Waals surface area (Å²) in [6.07, 6.45) is 2.23. The van der Waals surface area contributed by atoms with Crippen molar-refractivity contribution < 1.29 is 9.66 Å². The summed E-state index contributed by atoms with van der Waals surface area (Å²) in [5, 5.41) is 13.9. The lowest BCUT2D eigenvalue weighted by atomic mass is 9.89. The number of nitro benzene ring substituents is 1. The van der Waals surface area contributed by atoms with Crippen molar-refractivity contribution in [2.75, 3.05) is 18.2 Å². The minimum atomic E-state index is -0.483. The molecular weight excluding hydrogens is 222 g/mol. The largest absolute Gasteiger partial charge is 0.393 e. The van der Waals surface area contributed by atoms with Crippen molar-refractivity contribution in [2.24, 2.45) is 0 Å². The van der Waals surface area contributed by atoms with Crippen LogP contribution in [0.5, 0.6) is 0 Å². The number of methoxy groups -OCH3 is 1. The summed E-state index contributed by atoms with van der Waals surface area (Å²) in [5.41, 5.74) is 6.54. The second kappa shape index (κ2) is 4.58. The topological polar surface area (TPSA) is 90.4 Å². The zero-order valence-corrected chi connectivity index (χ0v) is 9.55. The maximum absolute atomic E-state index is 10.6. The second-order valence-electron chi connectivity index (χ2n) is 4.20. The SMILES string of the molecule is COC1CC(Nc2ccc([N+](=O)[O-])c(N)c2)C1. The number of nitrogens with one attached hydrogen (secondary N) is 1. The summed E-state index contributed by atoms with van der Waals surface area (Å²) >= 11 is 0. The lowest BCUT2D eigenvalue weighted by Crippen LogP contribution is -2.40. The van der Waals surface area contributed by atoms with Gasteiger partial charge in [0, 0.05) is 24.9 Å². The third-order valence-electron chi connectivity index (χ3n) is 3.02. The Morgan fingerprint density at radius 3 is 2.76 bits per heavy atom. The van der Waals surface area contributed by atoms with E-state index in [1.165, 1.54) is 6.07 Å². The quantitative estimate of drug-likeness (QED) is 0.473. The van der Waals surface area contributed by atoms with E-state index >= 15 is 0 Å². The molecule has 2 rings (SSSR count). The van der Waals surface area contributed by atoms with Crippen LogP contribution in [-0.2, 0) is 4.74 Å². The Bertz CT molecular complexity index is 430. The van der Waals surface area contributed by atoms with E-state index < -0.39 is 4.92 Å². The van der Waals surface area contributed by atoms with Crippen molar-refractivity contribution in [3.63, 3.8) is 0 Å². The number of ether oxygens (including phenoxy) is 1. The first-order chi connectivity index (χ1) is 8.10. The van der Waals surface area contributed by atoms with E-state index in [4.69, 9.17) is 10.5 Å². The molecule has 1 aliphatic carbocycles. The van der Waals surface area contributed by atoms with Gasteiger partial charge in [-0.2, -0.15) is 0 Å². The summed E-state index contributed by atoms with van der Waals surface area (Å²) < 4.78 is 5.17. The number of hydrogen-bond acceptors (Lipinski definition) is 5. The van der Waals surface area contributed by atoms with Crippen molar-refractivity contribution in [2.45, 2.75) is 25.0 Å². The monoisotopic (exact) mass is 237 g/mol. The van der Waals surface area contributed by atoms with E-state index in [1.807, 2.05) is 0 Å². The molecule has 0 amide bonds. The molecule has 0 spiro atoms. The summed E-state index contributed by atoms with van der Waals surface area (Å²) in [5.74, 6) is 0. The average Bonchev–Trinajstić information content (AvgIpc) is 2.22. The van der Waals surface area contributed by atoms with Gasteiger partial charge in [0.2, 0.25) is 0 Å². The highest BCUT2D eigenvalue weighted by atomic mass is 16.6. The van der Waals surface area contributed by atoms with E-state index in [1.54, 1.807) is 19.2 Å². The first-order valence-electron chi connectivity index (χ1n) is 5.43. The van der Waals surface area contributed by atoms with Gasteiger partial charge in [-0.3, -0.25) is 10.1 Å². The molecule has 1 fully saturated rings. The molecule has 0 aromatic heterocycles. The van der Waals surface area contributed by atoms with Crippen molar-refractivity contribution in [3.05, 3.63) is 28.3 Å². The highest BCUT2D eigenvalue weighted by molar-refractivity contribution is 5.66. The molecule has 0 aliphatic heterocycles. The highest BCUT2D eigenvalue weighted by Gasteiger charge is 2.28. The van der Waals surface area contributed by atoms with Crippen LogP contribution in [0.15, 0.2) is 18.2 Å². The van der Waals surface area contributed by atoms with Gasteiger partial charge < -0.3 is 15.8 Å². The molecule has 0 unspecified atom stereocenters. The molecule has 1 saturated carbocycles. The Kier molecular flexibility index (Phi) is 3.14. The van der Waals surface area contributed by atoms with Crippen LogP contribution in [0.3, 0.4) is 0 Å². The third-order valence-corrected chi connectivity index (χ3v) is 3.02. The Hall–Kier alpha value is -1.82. The number of nitrogens with two attached hydrogens (primary N) is 1. The maximum atomic E-state index is 10.6. The Morgan fingerprint density at radius 2 is 2.24 bits per heavy atom. The van der Waals surface area contributed by atoms with Gasteiger partial charge in [-0.05, 0) is 25.0 Å². The number of nitro groups is 1. The third kappa shape index (κ3) is 2.47. The van der Waals surface area contributed by atoms with Crippen LogP contribution < -0.4 is 11.1 Å². The number of benzene rings is 1. The van der Waals surface area contributed by atoms with Crippen LogP contribution in [0.25, 0.3) is 0 Å². The van der Waals surface area contributed by atoms with E-state index in [-0.39, 0.29) is 11.4 Å². The van der Waals surface area contributed by atoms with Crippen LogP contribution in [0.4, 0.5) is 17.1 Å². The van der Waals surface area contributed by atoms with Gasteiger partial charge in [0.05, 0.1) is 11.0 Å². The Balaban J connectivity index is 1.99. The fourth-order valence-electron chi connectivity index (χ4n) is 1.92. The minimum Gasteiger partial charge on any atom is -0.393 e. The number of nitrogens with zero attached hydrogens (tertiary/aromatic N) is 1. The predicted molar refractivity (Wildman–Crippen MR) is 65.0 cm³/mol. The van der Waals surface area contributed by atoms with E-state index in [0.29, 0.717) is 12.1 Å². The van der Waals surface area contributed by atoms with Crippen molar-refractivity contribution >= 4 is 17.1 Å². The van der Waals surface area contributed by atoms with Crippen LogP contribution in [0.1, 0.15) is 12.8 Å². The smallest absolute Gasteiger partial charge is 0.292 e. The fraction of sp³-hybridized carbons (Fsp3) is 0.455. The standard InChI is InChI=1S/C11H15N3O3/c1-17-9-4-8(5-9)13-7-2-3-11(14(15)16)10(12)6-7/h2-3,6,8-9,13H,4-5,12H2,1H3. The Labute approximate surface area is 98.9 Å². The molecule has 1 aliphatic rings. The van der Waals surface area contributed by atoms with Gasteiger partial charge >= 0.3 is 0 Å². The lowest BCUT2D eigenvalue weighted by Gasteiger charge is -2.35. The number of anilines is 2.